The molecule has 0 spiro atoms. The van der Waals surface area contributed by atoms with Gasteiger partial charge in [-0.2, -0.15) is 0 Å². The minimum absolute atomic E-state index is 0.0499. The Balaban J connectivity index is 1.89. The molecule has 0 aliphatic carbocycles. The molecule has 0 atom stereocenters. The molecule has 3 N–H and O–H groups in total. The molecule has 9 nitrogen and oxygen atoms in total. The summed E-state index contributed by atoms with van der Waals surface area (Å²) >= 11 is 0. The molecular weight excluding hydrogens is 434 g/mol. The highest BCUT2D eigenvalue weighted by molar-refractivity contribution is 5.96. The number of ether oxygens (including phenoxy) is 1. The second kappa shape index (κ2) is 11.4. The molecule has 0 aliphatic rings. The van der Waals surface area contributed by atoms with Gasteiger partial charge in [0.1, 0.15) is 5.82 Å². The van der Waals surface area contributed by atoms with E-state index in [0.29, 0.717) is 6.54 Å². The number of rotatable bonds is 10. The summed E-state index contributed by atoms with van der Waals surface area (Å²) in [6, 6.07) is 17.3. The first-order valence-corrected chi connectivity index (χ1v) is 11.0. The first-order chi connectivity index (χ1) is 16.3. The van der Waals surface area contributed by atoms with E-state index in [0.717, 1.165) is 16.7 Å². The average molecular weight is 466 g/mol. The number of aromatic amines is 1. The van der Waals surface area contributed by atoms with Crippen LogP contribution in [0.2, 0.25) is 0 Å². The number of nitrogens with zero attached hydrogens (tertiary/aromatic N) is 3. The zero-order valence-electron chi connectivity index (χ0n) is 19.8. The van der Waals surface area contributed by atoms with Crippen LogP contribution in [0.25, 0.3) is 0 Å². The van der Waals surface area contributed by atoms with E-state index >= 15 is 0 Å². The van der Waals surface area contributed by atoms with Crippen molar-refractivity contribution in [2.45, 2.75) is 20.0 Å². The number of nitrogen functional groups attached to an aromatic ring is 1. The Kier molecular flexibility index (Phi) is 8.39. The van der Waals surface area contributed by atoms with Gasteiger partial charge in [0.15, 0.2) is 5.69 Å². The highest BCUT2D eigenvalue weighted by Gasteiger charge is 2.25. The first-order valence-electron chi connectivity index (χ1n) is 11.0. The van der Waals surface area contributed by atoms with Crippen LogP contribution in [0.4, 0.5) is 11.5 Å². The Morgan fingerprint density at radius 1 is 1.06 bits per heavy atom. The van der Waals surface area contributed by atoms with E-state index in [9.17, 15) is 14.4 Å². The maximum absolute atomic E-state index is 13.3. The lowest BCUT2D eigenvalue weighted by atomic mass is 10.1. The van der Waals surface area contributed by atoms with Gasteiger partial charge in [-0.1, -0.05) is 60.2 Å². The summed E-state index contributed by atoms with van der Waals surface area (Å²) in [6.45, 7) is 3.10. The molecule has 180 valence electrons. The van der Waals surface area contributed by atoms with Gasteiger partial charge in [-0.05, 0) is 25.1 Å². The monoisotopic (exact) mass is 465 g/mol. The molecule has 0 radical (unpaired) electrons. The number of aromatic nitrogens is 2. The van der Waals surface area contributed by atoms with E-state index in [-0.39, 0.29) is 43.7 Å². The standard InChI is InChI=1S/C25H31N5O4/c1-18-9-11-20(12-10-18)15-28(2)17-21(31)29(13-14-34-3)22-23(26)30(25(33)27-24(22)32)16-19-7-5-4-6-8-19/h4-12H,13-17,26H2,1-3H3,(H,27,32,33). The quantitative estimate of drug-likeness (QED) is 0.470. The predicted molar refractivity (Wildman–Crippen MR) is 133 cm³/mol. The Morgan fingerprint density at radius 2 is 1.74 bits per heavy atom. The Hall–Kier alpha value is -3.69. The lowest BCUT2D eigenvalue weighted by Gasteiger charge is -2.26. The van der Waals surface area contributed by atoms with Crippen molar-refractivity contribution in [3.8, 4) is 0 Å². The third kappa shape index (κ3) is 6.21. The number of anilines is 2. The van der Waals surface area contributed by atoms with Crippen LogP contribution in [0.1, 0.15) is 16.7 Å². The predicted octanol–water partition coefficient (Wildman–Crippen LogP) is 1.59. The van der Waals surface area contributed by atoms with Crippen LogP contribution in [0.5, 0.6) is 0 Å². The van der Waals surface area contributed by atoms with Gasteiger partial charge in [-0.25, -0.2) is 4.79 Å². The summed E-state index contributed by atoms with van der Waals surface area (Å²) in [7, 11) is 3.34. The van der Waals surface area contributed by atoms with Crippen LogP contribution in [-0.2, 0) is 22.6 Å². The number of carbonyl (C=O) groups is 1. The number of benzene rings is 2. The largest absolute Gasteiger partial charge is 0.383 e. The molecule has 9 heteroatoms. The lowest BCUT2D eigenvalue weighted by Crippen LogP contribution is -2.45. The highest BCUT2D eigenvalue weighted by atomic mass is 16.5. The van der Waals surface area contributed by atoms with Crippen LogP contribution in [-0.4, -0.2) is 54.2 Å². The summed E-state index contributed by atoms with van der Waals surface area (Å²) in [5.41, 5.74) is 7.97. The van der Waals surface area contributed by atoms with Crippen molar-refractivity contribution in [3.63, 3.8) is 0 Å². The second-order valence-corrected chi connectivity index (χ2v) is 8.26. The molecular formula is C25H31N5O4. The van der Waals surface area contributed by atoms with Crippen molar-refractivity contribution in [2.75, 3.05) is 44.5 Å². The van der Waals surface area contributed by atoms with Gasteiger partial charge < -0.3 is 15.4 Å². The van der Waals surface area contributed by atoms with Crippen LogP contribution in [0.3, 0.4) is 0 Å². The van der Waals surface area contributed by atoms with Crippen molar-refractivity contribution in [1.82, 2.24) is 14.5 Å². The molecule has 0 unspecified atom stereocenters. The van der Waals surface area contributed by atoms with Gasteiger partial charge in [0.2, 0.25) is 5.91 Å². The van der Waals surface area contributed by atoms with E-state index < -0.39 is 11.2 Å². The van der Waals surface area contributed by atoms with E-state index in [4.69, 9.17) is 10.5 Å². The first kappa shape index (κ1) is 24.9. The van der Waals surface area contributed by atoms with Gasteiger partial charge in [-0.15, -0.1) is 0 Å². The third-order valence-corrected chi connectivity index (χ3v) is 5.47. The van der Waals surface area contributed by atoms with Crippen molar-refractivity contribution in [1.29, 1.82) is 0 Å². The molecule has 0 fully saturated rings. The molecule has 1 heterocycles. The second-order valence-electron chi connectivity index (χ2n) is 8.26. The molecule has 2 aromatic carbocycles. The molecule has 3 aromatic rings. The van der Waals surface area contributed by atoms with E-state index in [1.165, 1.54) is 16.6 Å². The lowest BCUT2D eigenvalue weighted by molar-refractivity contribution is -0.119. The topological polar surface area (TPSA) is 114 Å². The number of aryl methyl sites for hydroxylation is 1. The number of hydrogen-bond donors (Lipinski definition) is 2. The minimum atomic E-state index is -0.711. The number of H-pyrrole nitrogens is 1. The fourth-order valence-corrected chi connectivity index (χ4v) is 3.68. The van der Waals surface area contributed by atoms with Gasteiger partial charge in [0, 0.05) is 20.2 Å². The minimum Gasteiger partial charge on any atom is -0.383 e. The molecule has 0 aliphatic heterocycles. The normalized spacial score (nSPS) is 11.1. The number of likely N-dealkylation sites (N-methyl/N-ethyl adjacent to an activating group) is 1. The fourth-order valence-electron chi connectivity index (χ4n) is 3.68. The van der Waals surface area contributed by atoms with E-state index in [1.807, 2.05) is 73.5 Å². The van der Waals surface area contributed by atoms with Gasteiger partial charge in [0.05, 0.1) is 19.7 Å². The van der Waals surface area contributed by atoms with Gasteiger partial charge >= 0.3 is 5.69 Å². The Morgan fingerprint density at radius 3 is 2.38 bits per heavy atom. The van der Waals surface area contributed by atoms with Crippen molar-refractivity contribution in [3.05, 3.63) is 92.1 Å². The molecule has 1 amide bonds. The highest BCUT2D eigenvalue weighted by Crippen LogP contribution is 2.18. The number of nitrogens with two attached hydrogens (primary N) is 1. The average Bonchev–Trinajstić information content (AvgIpc) is 2.80. The summed E-state index contributed by atoms with van der Waals surface area (Å²) in [5, 5.41) is 0. The molecule has 0 saturated heterocycles. The van der Waals surface area contributed by atoms with Crippen molar-refractivity contribution >= 4 is 17.4 Å². The van der Waals surface area contributed by atoms with Crippen LogP contribution in [0, 0.1) is 6.92 Å². The summed E-state index contributed by atoms with van der Waals surface area (Å²) in [6.07, 6.45) is 0. The van der Waals surface area contributed by atoms with E-state index in [1.54, 1.807) is 0 Å². The molecule has 34 heavy (non-hydrogen) atoms. The SMILES string of the molecule is COCCN(C(=O)CN(C)Cc1ccc(C)cc1)c1c(N)n(Cc2ccccc2)c(=O)[nH]c1=O. The molecule has 0 saturated carbocycles. The summed E-state index contributed by atoms with van der Waals surface area (Å²) < 4.78 is 6.42. The Bertz CT molecular complexity index is 1220. The maximum Gasteiger partial charge on any atom is 0.330 e. The Labute approximate surface area is 198 Å². The van der Waals surface area contributed by atoms with Crippen LogP contribution < -0.4 is 21.9 Å². The van der Waals surface area contributed by atoms with Crippen molar-refractivity contribution in [2.24, 2.45) is 0 Å². The van der Waals surface area contributed by atoms with Crippen LogP contribution >= 0.6 is 0 Å². The number of carbonyl (C=O) groups excluding carboxylic acids is 1. The maximum atomic E-state index is 13.3. The number of nitrogens with one attached hydrogen (secondary N) is 1. The molecule has 0 bridgehead atoms. The number of amides is 1. The smallest absolute Gasteiger partial charge is 0.330 e. The van der Waals surface area contributed by atoms with Gasteiger partial charge in [-0.3, -0.25) is 24.0 Å². The summed E-state index contributed by atoms with van der Waals surface area (Å²) in [4.78, 5) is 44.1. The van der Waals surface area contributed by atoms with Crippen molar-refractivity contribution < 1.29 is 9.53 Å². The van der Waals surface area contributed by atoms with E-state index in [2.05, 4.69) is 4.98 Å². The zero-order chi connectivity index (χ0) is 24.7. The number of hydrogen-bond acceptors (Lipinski definition) is 6. The number of methoxy groups -OCH3 is 1. The molecule has 3 rings (SSSR count). The zero-order valence-corrected chi connectivity index (χ0v) is 19.8. The summed E-state index contributed by atoms with van der Waals surface area (Å²) in [5.74, 6) is -0.392. The fraction of sp³-hybridized carbons (Fsp3) is 0.320. The molecule has 1 aromatic heterocycles. The van der Waals surface area contributed by atoms with Gasteiger partial charge in [0.25, 0.3) is 5.56 Å². The van der Waals surface area contributed by atoms with Crippen LogP contribution in [0.15, 0.2) is 64.2 Å². The third-order valence-electron chi connectivity index (χ3n) is 5.47.